The fraction of sp³-hybridized carbons (Fsp3) is 0.357. The van der Waals surface area contributed by atoms with Gasteiger partial charge in [-0.25, -0.2) is 4.68 Å². The van der Waals surface area contributed by atoms with E-state index in [-0.39, 0.29) is 11.8 Å². The number of esters is 1. The minimum absolute atomic E-state index is 0.0347. The van der Waals surface area contributed by atoms with E-state index in [1.165, 1.54) is 0 Å². The summed E-state index contributed by atoms with van der Waals surface area (Å²) in [6.07, 6.45) is -4.66. The van der Waals surface area contributed by atoms with Crippen LogP contribution in [0.3, 0.4) is 0 Å². The number of hydrogen-bond acceptors (Lipinski definition) is 6. The molecule has 0 amide bonds. The summed E-state index contributed by atoms with van der Waals surface area (Å²) >= 11 is 0.897. The van der Waals surface area contributed by atoms with E-state index in [1.54, 1.807) is 37.3 Å². The average molecular weight is 358 g/mol. The molecular formula is C14H13F3N4O2S. The van der Waals surface area contributed by atoms with Crippen LogP contribution in [0, 0.1) is 0 Å². The molecule has 0 bridgehead atoms. The quantitative estimate of drug-likeness (QED) is 0.851. The maximum atomic E-state index is 13.1. The van der Waals surface area contributed by atoms with Crippen molar-refractivity contribution < 1.29 is 22.7 Å². The van der Waals surface area contributed by atoms with Crippen molar-refractivity contribution in [2.75, 3.05) is 12.0 Å². The van der Waals surface area contributed by atoms with Gasteiger partial charge in [-0.1, -0.05) is 42.1 Å². The maximum Gasteiger partial charge on any atom is 0.453 e. The maximum absolute atomic E-state index is 13.1. The standard InChI is InChI=1S/C14H13F3N4O2S/c1-2-23-11(22)10-9(8-6-4-3-5-7-8)20-21-12(14(15,16)17)18-19-13(21)24-10/h3-7,9-10,20H,2H2,1H3/t9-,10-/m0/s1. The molecule has 1 N–H and O–H groups in total. The van der Waals surface area contributed by atoms with Gasteiger partial charge in [-0.15, -0.1) is 10.2 Å². The van der Waals surface area contributed by atoms with Crippen LogP contribution < -0.4 is 5.43 Å². The summed E-state index contributed by atoms with van der Waals surface area (Å²) in [5, 5.41) is 5.91. The second-order valence-corrected chi connectivity index (χ2v) is 6.06. The third-order valence-electron chi connectivity index (χ3n) is 3.37. The van der Waals surface area contributed by atoms with Crippen molar-refractivity contribution in [2.24, 2.45) is 0 Å². The minimum atomic E-state index is -4.66. The summed E-state index contributed by atoms with van der Waals surface area (Å²) in [6, 6.07) is 8.02. The van der Waals surface area contributed by atoms with Gasteiger partial charge in [-0.05, 0) is 12.5 Å². The third kappa shape index (κ3) is 3.05. The van der Waals surface area contributed by atoms with Crippen LogP contribution in [0.2, 0.25) is 0 Å². The average Bonchev–Trinajstić information content (AvgIpc) is 2.98. The molecule has 1 aromatic heterocycles. The van der Waals surface area contributed by atoms with E-state index >= 15 is 0 Å². The van der Waals surface area contributed by atoms with Crippen LogP contribution in [0.25, 0.3) is 0 Å². The van der Waals surface area contributed by atoms with E-state index in [0.29, 0.717) is 5.56 Å². The van der Waals surface area contributed by atoms with Crippen molar-refractivity contribution in [3.05, 3.63) is 41.7 Å². The van der Waals surface area contributed by atoms with E-state index in [0.717, 1.165) is 16.4 Å². The SMILES string of the molecule is CCOC(=O)[C@H]1Sc2nnc(C(F)(F)F)n2N[C@H]1c1ccccc1. The molecule has 6 nitrogen and oxygen atoms in total. The van der Waals surface area contributed by atoms with Crippen LogP contribution in [0.15, 0.2) is 35.5 Å². The van der Waals surface area contributed by atoms with Gasteiger partial charge in [-0.3, -0.25) is 4.79 Å². The Hall–Kier alpha value is -2.23. The largest absolute Gasteiger partial charge is 0.465 e. The van der Waals surface area contributed by atoms with Crippen molar-refractivity contribution in [1.29, 1.82) is 0 Å². The zero-order valence-corrected chi connectivity index (χ0v) is 13.3. The predicted molar refractivity (Wildman–Crippen MR) is 79.8 cm³/mol. The molecule has 128 valence electrons. The number of fused-ring (bicyclic) bond motifs is 1. The fourth-order valence-corrected chi connectivity index (χ4v) is 3.43. The van der Waals surface area contributed by atoms with Crippen LogP contribution >= 0.6 is 11.8 Å². The number of nitrogens with zero attached hydrogens (tertiary/aromatic N) is 3. The smallest absolute Gasteiger partial charge is 0.453 e. The molecule has 10 heteroatoms. The topological polar surface area (TPSA) is 69.0 Å². The minimum Gasteiger partial charge on any atom is -0.465 e. The van der Waals surface area contributed by atoms with Crippen LogP contribution in [0.4, 0.5) is 13.2 Å². The Labute approximate surface area is 139 Å². The predicted octanol–water partition coefficient (Wildman–Crippen LogP) is 2.62. The second-order valence-electron chi connectivity index (χ2n) is 4.95. The molecule has 24 heavy (non-hydrogen) atoms. The lowest BCUT2D eigenvalue weighted by atomic mass is 10.0. The first-order valence-electron chi connectivity index (χ1n) is 7.09. The molecule has 0 spiro atoms. The van der Waals surface area contributed by atoms with Gasteiger partial charge < -0.3 is 10.2 Å². The molecule has 2 aromatic rings. The van der Waals surface area contributed by atoms with Gasteiger partial charge >= 0.3 is 12.1 Å². The molecule has 2 atom stereocenters. The highest BCUT2D eigenvalue weighted by Gasteiger charge is 2.44. The summed E-state index contributed by atoms with van der Waals surface area (Å²) in [4.78, 5) is 12.2. The Morgan fingerprint density at radius 2 is 2.04 bits per heavy atom. The van der Waals surface area contributed by atoms with E-state index in [9.17, 15) is 18.0 Å². The summed E-state index contributed by atoms with van der Waals surface area (Å²) in [5.41, 5.74) is 3.37. The number of carbonyl (C=O) groups excluding carboxylic acids is 1. The number of ether oxygens (including phenoxy) is 1. The van der Waals surface area contributed by atoms with Crippen molar-refractivity contribution in [3.8, 4) is 0 Å². The summed E-state index contributed by atoms with van der Waals surface area (Å²) < 4.78 is 45.0. The van der Waals surface area contributed by atoms with Crippen molar-refractivity contribution >= 4 is 17.7 Å². The Morgan fingerprint density at radius 3 is 2.67 bits per heavy atom. The first-order chi connectivity index (χ1) is 11.4. The fourth-order valence-electron chi connectivity index (χ4n) is 2.35. The molecule has 0 saturated carbocycles. The normalized spacial score (nSPS) is 20.2. The lowest BCUT2D eigenvalue weighted by Crippen LogP contribution is -2.40. The Bertz CT molecular complexity index is 735. The Balaban J connectivity index is 2.02. The van der Waals surface area contributed by atoms with Crippen LogP contribution in [0.5, 0.6) is 0 Å². The molecule has 3 rings (SSSR count). The summed E-state index contributed by atoms with van der Waals surface area (Å²) in [7, 11) is 0. The van der Waals surface area contributed by atoms with Gasteiger partial charge in [0.05, 0.1) is 12.6 Å². The van der Waals surface area contributed by atoms with Crippen molar-refractivity contribution in [2.45, 2.75) is 29.5 Å². The first kappa shape index (κ1) is 16.6. The van der Waals surface area contributed by atoms with Crippen LogP contribution in [-0.4, -0.2) is 32.7 Å². The summed E-state index contributed by atoms with van der Waals surface area (Å²) in [5.74, 6) is -1.68. The van der Waals surface area contributed by atoms with E-state index in [1.807, 2.05) is 0 Å². The van der Waals surface area contributed by atoms with Crippen LogP contribution in [0.1, 0.15) is 24.4 Å². The van der Waals surface area contributed by atoms with Gasteiger partial charge in [0.2, 0.25) is 5.16 Å². The van der Waals surface area contributed by atoms with Crippen molar-refractivity contribution in [3.63, 3.8) is 0 Å². The molecule has 0 aliphatic carbocycles. The molecule has 1 aromatic carbocycles. The van der Waals surface area contributed by atoms with Gasteiger partial charge in [0.15, 0.2) is 0 Å². The highest BCUT2D eigenvalue weighted by molar-refractivity contribution is 8.00. The van der Waals surface area contributed by atoms with E-state index < -0.39 is 29.3 Å². The van der Waals surface area contributed by atoms with E-state index in [2.05, 4.69) is 15.6 Å². The lowest BCUT2D eigenvalue weighted by Gasteiger charge is -2.32. The number of benzene rings is 1. The van der Waals surface area contributed by atoms with Gasteiger partial charge in [0.1, 0.15) is 5.25 Å². The molecule has 0 unspecified atom stereocenters. The van der Waals surface area contributed by atoms with Crippen molar-refractivity contribution in [1.82, 2.24) is 14.9 Å². The lowest BCUT2D eigenvalue weighted by molar-refractivity contribution is -0.147. The van der Waals surface area contributed by atoms with Gasteiger partial charge in [0, 0.05) is 0 Å². The highest BCUT2D eigenvalue weighted by Crippen LogP contribution is 2.40. The second kappa shape index (κ2) is 6.34. The number of carbonyl (C=O) groups is 1. The monoisotopic (exact) mass is 358 g/mol. The zero-order chi connectivity index (χ0) is 17.3. The number of alkyl halides is 3. The zero-order valence-electron chi connectivity index (χ0n) is 12.4. The summed E-state index contributed by atoms with van der Waals surface area (Å²) in [6.45, 7) is 1.85. The molecule has 1 aliphatic rings. The van der Waals surface area contributed by atoms with Crippen LogP contribution in [-0.2, 0) is 15.7 Å². The Morgan fingerprint density at radius 1 is 1.33 bits per heavy atom. The number of hydrogen-bond donors (Lipinski definition) is 1. The number of nitrogens with one attached hydrogen (secondary N) is 1. The number of halogens is 3. The highest BCUT2D eigenvalue weighted by atomic mass is 32.2. The molecule has 1 aliphatic heterocycles. The Kier molecular flexibility index (Phi) is 4.39. The third-order valence-corrected chi connectivity index (χ3v) is 4.56. The van der Waals surface area contributed by atoms with E-state index in [4.69, 9.17) is 4.74 Å². The van der Waals surface area contributed by atoms with Gasteiger partial charge in [0.25, 0.3) is 5.82 Å². The molecule has 0 radical (unpaired) electrons. The molecule has 2 heterocycles. The molecule has 0 fully saturated rings. The molecular weight excluding hydrogens is 345 g/mol. The first-order valence-corrected chi connectivity index (χ1v) is 7.97. The number of aromatic nitrogens is 3. The number of rotatable bonds is 3. The van der Waals surface area contributed by atoms with Gasteiger partial charge in [-0.2, -0.15) is 13.2 Å². The number of thioether (sulfide) groups is 1. The molecule has 0 saturated heterocycles.